The first-order chi connectivity index (χ1) is 13.7. The van der Waals surface area contributed by atoms with E-state index in [1.807, 2.05) is 6.92 Å². The Morgan fingerprint density at radius 2 is 2.03 bits per heavy atom. The number of aromatic hydroxyl groups is 1. The first-order valence-electron chi connectivity index (χ1n) is 9.62. The Morgan fingerprint density at radius 3 is 2.59 bits per heavy atom. The lowest BCUT2D eigenvalue weighted by Gasteiger charge is -2.33. The molecule has 1 aromatic carbocycles. The Balaban J connectivity index is 2.16. The number of carboxylic acid groups (broad SMARTS) is 1. The lowest BCUT2D eigenvalue weighted by atomic mass is 9.76. The Labute approximate surface area is 168 Å². The largest absolute Gasteiger partial charge is 0.504 e. The molecule has 0 aromatic heterocycles. The minimum atomic E-state index is -2.06. The van der Waals surface area contributed by atoms with Gasteiger partial charge in [0.05, 0.1) is 25.0 Å². The monoisotopic (exact) mass is 406 g/mol. The quantitative estimate of drug-likeness (QED) is 0.485. The van der Waals surface area contributed by atoms with Crippen molar-refractivity contribution in [3.8, 4) is 11.5 Å². The molecule has 2 fully saturated rings. The number of phenols is 1. The van der Waals surface area contributed by atoms with E-state index in [-0.39, 0.29) is 23.6 Å². The molecule has 2 aliphatic rings. The van der Waals surface area contributed by atoms with Crippen LogP contribution in [0.15, 0.2) is 18.2 Å². The molecule has 0 spiro atoms. The van der Waals surface area contributed by atoms with Crippen molar-refractivity contribution >= 4 is 17.8 Å². The number of carbonyl (C=O) groups is 3. The van der Waals surface area contributed by atoms with Crippen molar-refractivity contribution in [2.24, 2.45) is 11.8 Å². The molecule has 0 radical (unpaired) electrons. The third kappa shape index (κ3) is 2.96. The predicted octanol–water partition coefficient (Wildman–Crippen LogP) is 0.651. The number of unbranched alkanes of at least 4 members (excludes halogenated alkanes) is 1. The van der Waals surface area contributed by atoms with Gasteiger partial charge in [0.15, 0.2) is 17.0 Å². The van der Waals surface area contributed by atoms with E-state index in [4.69, 9.17) is 4.74 Å². The summed E-state index contributed by atoms with van der Waals surface area (Å²) in [6, 6.07) is 3.69. The zero-order valence-electron chi connectivity index (χ0n) is 16.6. The first-order valence-corrected chi connectivity index (χ1v) is 9.62. The summed E-state index contributed by atoms with van der Waals surface area (Å²) in [6.45, 7) is 3.38. The van der Waals surface area contributed by atoms with Gasteiger partial charge in [-0.25, -0.2) is 0 Å². The summed E-state index contributed by atoms with van der Waals surface area (Å²) in [6.07, 6.45) is -0.118. The Kier molecular flexibility index (Phi) is 5.55. The molecule has 1 aromatic rings. The summed E-state index contributed by atoms with van der Waals surface area (Å²) in [4.78, 5) is 39.6. The summed E-state index contributed by atoms with van der Waals surface area (Å²) in [5.74, 6) is -4.99. The van der Waals surface area contributed by atoms with Crippen LogP contribution in [0.3, 0.4) is 0 Å². The molecule has 3 rings (SSSR count). The third-order valence-corrected chi connectivity index (χ3v) is 6.02. The third-order valence-electron chi connectivity index (χ3n) is 6.02. The number of aliphatic hydroxyl groups excluding tert-OH is 1. The maximum Gasteiger partial charge on any atom is 0.327 e. The number of fused-ring (bicyclic) bond motifs is 1. The molecule has 158 valence electrons. The maximum atomic E-state index is 13.2. The van der Waals surface area contributed by atoms with E-state index >= 15 is 0 Å². The van der Waals surface area contributed by atoms with Crippen LogP contribution in [0.2, 0.25) is 0 Å². The van der Waals surface area contributed by atoms with E-state index in [1.165, 1.54) is 20.1 Å². The van der Waals surface area contributed by atoms with Crippen LogP contribution < -0.4 is 10.1 Å². The van der Waals surface area contributed by atoms with E-state index in [9.17, 15) is 29.7 Å². The number of ether oxygens (including phenoxy) is 1. The number of benzene rings is 1. The fourth-order valence-corrected chi connectivity index (χ4v) is 4.52. The number of likely N-dealkylation sites (tertiary alicyclic amines) is 1. The minimum Gasteiger partial charge on any atom is -0.504 e. The van der Waals surface area contributed by atoms with Crippen molar-refractivity contribution in [2.45, 2.75) is 44.4 Å². The second-order valence-corrected chi connectivity index (χ2v) is 7.56. The predicted molar refractivity (Wildman–Crippen MR) is 101 cm³/mol. The maximum absolute atomic E-state index is 13.2. The highest BCUT2D eigenvalue weighted by molar-refractivity contribution is 6.09. The standard InChI is InChI=1S/C20H26N2O7/c1-4-5-9-22-17(25)13-14(18(22)26)20(10(2)23,19(27)28)21-15(13)11-7-6-8-12(29-3)16(11)24/h6-8,10,13-15,21,23-24H,4-5,9H2,1-3H3,(H,27,28). The zero-order valence-corrected chi connectivity index (χ0v) is 16.6. The van der Waals surface area contributed by atoms with Gasteiger partial charge in [-0.2, -0.15) is 0 Å². The van der Waals surface area contributed by atoms with E-state index in [0.29, 0.717) is 6.42 Å². The highest BCUT2D eigenvalue weighted by Gasteiger charge is 2.70. The number of amides is 2. The van der Waals surface area contributed by atoms with Gasteiger partial charge in [-0.1, -0.05) is 25.5 Å². The van der Waals surface area contributed by atoms with E-state index < -0.39 is 47.3 Å². The fraction of sp³-hybridized carbons (Fsp3) is 0.550. The number of rotatable bonds is 7. The Morgan fingerprint density at radius 1 is 1.34 bits per heavy atom. The van der Waals surface area contributed by atoms with Gasteiger partial charge in [0.2, 0.25) is 11.8 Å². The highest BCUT2D eigenvalue weighted by atomic mass is 16.5. The molecular weight excluding hydrogens is 380 g/mol. The number of imide groups is 1. The van der Waals surface area contributed by atoms with Crippen molar-refractivity contribution < 1.29 is 34.4 Å². The molecule has 29 heavy (non-hydrogen) atoms. The molecule has 9 heteroatoms. The van der Waals surface area contributed by atoms with Crippen LogP contribution in [-0.4, -0.2) is 63.3 Å². The second kappa shape index (κ2) is 7.64. The van der Waals surface area contributed by atoms with Crippen LogP contribution >= 0.6 is 0 Å². The Bertz CT molecular complexity index is 840. The second-order valence-electron chi connectivity index (χ2n) is 7.56. The summed E-state index contributed by atoms with van der Waals surface area (Å²) in [7, 11) is 1.37. The van der Waals surface area contributed by atoms with E-state index in [0.717, 1.165) is 11.3 Å². The van der Waals surface area contributed by atoms with Gasteiger partial charge in [0, 0.05) is 18.2 Å². The number of nitrogens with zero attached hydrogens (tertiary/aromatic N) is 1. The van der Waals surface area contributed by atoms with Gasteiger partial charge in [-0.3, -0.25) is 24.6 Å². The molecule has 5 unspecified atom stereocenters. The lowest BCUT2D eigenvalue weighted by molar-refractivity contribution is -0.156. The normalized spacial score (nSPS) is 29.8. The molecular formula is C20H26N2O7. The van der Waals surface area contributed by atoms with Crippen molar-refractivity contribution in [1.82, 2.24) is 10.2 Å². The van der Waals surface area contributed by atoms with Crippen molar-refractivity contribution in [1.29, 1.82) is 0 Å². The van der Waals surface area contributed by atoms with Crippen LogP contribution in [0, 0.1) is 11.8 Å². The molecule has 4 N–H and O–H groups in total. The molecule has 2 heterocycles. The lowest BCUT2D eigenvalue weighted by Crippen LogP contribution is -2.62. The van der Waals surface area contributed by atoms with Crippen LogP contribution in [0.5, 0.6) is 11.5 Å². The smallest absolute Gasteiger partial charge is 0.327 e. The number of aliphatic hydroxyl groups is 1. The molecule has 9 nitrogen and oxygen atoms in total. The number of nitrogens with one attached hydrogen (secondary N) is 1. The highest BCUT2D eigenvalue weighted by Crippen LogP contribution is 2.52. The molecule has 2 aliphatic heterocycles. The summed E-state index contributed by atoms with van der Waals surface area (Å²) in [5, 5.41) is 33.8. The van der Waals surface area contributed by atoms with Crippen LogP contribution in [0.25, 0.3) is 0 Å². The van der Waals surface area contributed by atoms with Crippen molar-refractivity contribution in [2.75, 3.05) is 13.7 Å². The number of carboxylic acids is 1. The van der Waals surface area contributed by atoms with Crippen LogP contribution in [0.4, 0.5) is 0 Å². The summed E-state index contributed by atoms with van der Waals surface area (Å²) >= 11 is 0. The van der Waals surface area contributed by atoms with Gasteiger partial charge < -0.3 is 20.1 Å². The van der Waals surface area contributed by atoms with E-state index in [1.54, 1.807) is 12.1 Å². The zero-order chi connectivity index (χ0) is 21.5. The number of hydrogen-bond donors (Lipinski definition) is 4. The SMILES string of the molecule is CCCCN1C(=O)C2C(c3cccc(OC)c3O)NC(C(=O)O)(C(C)O)C2C1=O. The molecule has 0 bridgehead atoms. The number of hydrogen-bond acceptors (Lipinski definition) is 7. The van der Waals surface area contributed by atoms with Crippen molar-refractivity contribution in [3.05, 3.63) is 23.8 Å². The summed E-state index contributed by atoms with van der Waals surface area (Å²) < 4.78 is 5.12. The van der Waals surface area contributed by atoms with Crippen LogP contribution in [0.1, 0.15) is 38.3 Å². The van der Waals surface area contributed by atoms with Crippen LogP contribution in [-0.2, 0) is 14.4 Å². The summed E-state index contributed by atoms with van der Waals surface area (Å²) in [5.41, 5.74) is -1.82. The molecule has 2 amide bonds. The fourth-order valence-electron chi connectivity index (χ4n) is 4.52. The number of methoxy groups -OCH3 is 1. The van der Waals surface area contributed by atoms with Gasteiger partial charge in [-0.05, 0) is 19.4 Å². The average molecular weight is 406 g/mol. The molecule has 2 saturated heterocycles. The van der Waals surface area contributed by atoms with Gasteiger partial charge in [0.1, 0.15) is 0 Å². The number of para-hydroxylation sites is 1. The Hall–Kier alpha value is -2.65. The number of carbonyl (C=O) groups excluding carboxylic acids is 2. The molecule has 0 aliphatic carbocycles. The first kappa shape index (κ1) is 21.1. The molecule has 0 saturated carbocycles. The van der Waals surface area contributed by atoms with Gasteiger partial charge >= 0.3 is 5.97 Å². The number of aliphatic carboxylic acids is 1. The number of phenolic OH excluding ortho intramolecular Hbond substituents is 1. The van der Waals surface area contributed by atoms with E-state index in [2.05, 4.69) is 5.32 Å². The van der Waals surface area contributed by atoms with Gasteiger partial charge in [-0.15, -0.1) is 0 Å². The molecule has 5 atom stereocenters. The van der Waals surface area contributed by atoms with Gasteiger partial charge in [0.25, 0.3) is 0 Å². The average Bonchev–Trinajstić information content (AvgIpc) is 3.16. The van der Waals surface area contributed by atoms with Crippen molar-refractivity contribution in [3.63, 3.8) is 0 Å². The minimum absolute atomic E-state index is 0.158. The topological polar surface area (TPSA) is 136 Å².